The van der Waals surface area contributed by atoms with Crippen molar-refractivity contribution in [2.24, 2.45) is 0 Å². The van der Waals surface area contributed by atoms with Gasteiger partial charge in [-0.3, -0.25) is 10.1 Å². The standard InChI is InChI=1S/C15H20BrN3O2/c16-13-10-12(19(20)21)4-5-14(13)18-9-8-17-11-15(18)6-2-1-3-7-15/h4-5,10,17H,1-3,6-9,11H2. The highest BCUT2D eigenvalue weighted by atomic mass is 79.9. The molecule has 0 atom stereocenters. The molecular weight excluding hydrogens is 334 g/mol. The van der Waals surface area contributed by atoms with Gasteiger partial charge >= 0.3 is 0 Å². The lowest BCUT2D eigenvalue weighted by Gasteiger charge is -2.51. The largest absolute Gasteiger partial charge is 0.362 e. The minimum Gasteiger partial charge on any atom is -0.362 e. The molecule has 5 nitrogen and oxygen atoms in total. The van der Waals surface area contributed by atoms with Gasteiger partial charge in [0.25, 0.3) is 5.69 Å². The Labute approximate surface area is 133 Å². The average Bonchev–Trinajstić information content (AvgIpc) is 2.49. The van der Waals surface area contributed by atoms with Crippen LogP contribution in [-0.4, -0.2) is 30.1 Å². The number of anilines is 1. The monoisotopic (exact) mass is 353 g/mol. The number of halogens is 1. The van der Waals surface area contributed by atoms with Crippen molar-refractivity contribution in [2.75, 3.05) is 24.5 Å². The molecule has 2 aliphatic rings. The van der Waals surface area contributed by atoms with Crippen LogP contribution in [0.4, 0.5) is 11.4 Å². The predicted molar refractivity (Wildman–Crippen MR) is 86.8 cm³/mol. The van der Waals surface area contributed by atoms with Crippen LogP contribution < -0.4 is 10.2 Å². The molecule has 1 saturated carbocycles. The molecular formula is C15H20BrN3O2. The van der Waals surface area contributed by atoms with Gasteiger partial charge < -0.3 is 10.2 Å². The number of nitro benzene ring substituents is 1. The maximum atomic E-state index is 10.9. The van der Waals surface area contributed by atoms with Gasteiger partial charge in [-0.2, -0.15) is 0 Å². The fourth-order valence-electron chi connectivity index (χ4n) is 3.71. The Balaban J connectivity index is 1.95. The van der Waals surface area contributed by atoms with E-state index in [9.17, 15) is 10.1 Å². The number of benzene rings is 1. The first-order valence-corrected chi connectivity index (χ1v) is 8.34. The van der Waals surface area contributed by atoms with E-state index in [0.29, 0.717) is 0 Å². The maximum absolute atomic E-state index is 10.9. The molecule has 1 saturated heterocycles. The van der Waals surface area contributed by atoms with E-state index in [2.05, 4.69) is 26.1 Å². The topological polar surface area (TPSA) is 58.4 Å². The molecule has 1 aliphatic carbocycles. The van der Waals surface area contributed by atoms with Crippen molar-refractivity contribution in [1.82, 2.24) is 5.32 Å². The molecule has 1 aliphatic heterocycles. The summed E-state index contributed by atoms with van der Waals surface area (Å²) in [6, 6.07) is 5.12. The fraction of sp³-hybridized carbons (Fsp3) is 0.600. The van der Waals surface area contributed by atoms with E-state index in [4.69, 9.17) is 0 Å². The Kier molecular flexibility index (Phi) is 4.17. The van der Waals surface area contributed by atoms with Crippen LogP contribution in [-0.2, 0) is 0 Å². The highest BCUT2D eigenvalue weighted by molar-refractivity contribution is 9.10. The minimum atomic E-state index is -0.345. The first kappa shape index (κ1) is 14.8. The number of hydrogen-bond acceptors (Lipinski definition) is 4. The van der Waals surface area contributed by atoms with Crippen molar-refractivity contribution in [3.63, 3.8) is 0 Å². The van der Waals surface area contributed by atoms with Gasteiger partial charge in [-0.15, -0.1) is 0 Å². The van der Waals surface area contributed by atoms with Gasteiger partial charge in [-0.25, -0.2) is 0 Å². The second kappa shape index (κ2) is 5.93. The van der Waals surface area contributed by atoms with Crippen molar-refractivity contribution < 1.29 is 4.92 Å². The van der Waals surface area contributed by atoms with Gasteiger partial charge in [0.05, 0.1) is 16.1 Å². The highest BCUT2D eigenvalue weighted by Crippen LogP contribution is 2.41. The molecule has 1 aromatic carbocycles. The van der Waals surface area contributed by atoms with Crippen LogP contribution in [0.25, 0.3) is 0 Å². The van der Waals surface area contributed by atoms with Gasteiger partial charge in [0.1, 0.15) is 0 Å². The lowest BCUT2D eigenvalue weighted by atomic mass is 9.78. The predicted octanol–water partition coefficient (Wildman–Crippen LogP) is 3.47. The van der Waals surface area contributed by atoms with Gasteiger partial charge in [0.2, 0.25) is 0 Å². The van der Waals surface area contributed by atoms with E-state index in [0.717, 1.165) is 29.8 Å². The van der Waals surface area contributed by atoms with E-state index in [1.165, 1.54) is 32.1 Å². The quantitative estimate of drug-likeness (QED) is 0.653. The van der Waals surface area contributed by atoms with Gasteiger partial charge in [0.15, 0.2) is 0 Å². The highest BCUT2D eigenvalue weighted by Gasteiger charge is 2.40. The summed E-state index contributed by atoms with van der Waals surface area (Å²) < 4.78 is 0.823. The number of rotatable bonds is 2. The molecule has 6 heteroatoms. The maximum Gasteiger partial charge on any atom is 0.270 e. The summed E-state index contributed by atoms with van der Waals surface area (Å²) >= 11 is 3.53. The van der Waals surface area contributed by atoms with E-state index in [1.54, 1.807) is 12.1 Å². The Hall–Kier alpha value is -1.14. The second-order valence-corrected chi connectivity index (χ2v) is 6.86. The summed E-state index contributed by atoms with van der Waals surface area (Å²) in [5.41, 5.74) is 1.40. The van der Waals surface area contributed by atoms with Crippen LogP contribution in [0.1, 0.15) is 32.1 Å². The Morgan fingerprint density at radius 3 is 2.71 bits per heavy atom. The summed E-state index contributed by atoms with van der Waals surface area (Å²) in [6.07, 6.45) is 6.25. The SMILES string of the molecule is O=[N+]([O-])c1ccc(N2CCNCC23CCCCC3)c(Br)c1. The van der Waals surface area contributed by atoms with Crippen LogP contribution >= 0.6 is 15.9 Å². The van der Waals surface area contributed by atoms with Crippen LogP contribution in [0.5, 0.6) is 0 Å². The van der Waals surface area contributed by atoms with Crippen LogP contribution in [0.2, 0.25) is 0 Å². The molecule has 0 unspecified atom stereocenters. The lowest BCUT2D eigenvalue weighted by molar-refractivity contribution is -0.384. The minimum absolute atomic E-state index is 0.137. The number of hydrogen-bond donors (Lipinski definition) is 1. The molecule has 0 bridgehead atoms. The molecule has 0 radical (unpaired) electrons. The number of nitrogens with one attached hydrogen (secondary N) is 1. The second-order valence-electron chi connectivity index (χ2n) is 6.01. The number of non-ortho nitro benzene ring substituents is 1. The smallest absolute Gasteiger partial charge is 0.270 e. The molecule has 1 N–H and O–H groups in total. The Bertz CT molecular complexity index is 535. The zero-order valence-corrected chi connectivity index (χ0v) is 13.6. The summed E-state index contributed by atoms with van der Waals surface area (Å²) in [5.74, 6) is 0. The third-order valence-electron chi connectivity index (χ3n) is 4.76. The first-order chi connectivity index (χ1) is 10.1. The molecule has 1 heterocycles. The molecule has 0 amide bonds. The Morgan fingerprint density at radius 1 is 1.29 bits per heavy atom. The van der Waals surface area contributed by atoms with E-state index in [1.807, 2.05) is 6.07 Å². The van der Waals surface area contributed by atoms with E-state index >= 15 is 0 Å². The summed E-state index contributed by atoms with van der Waals surface area (Å²) in [5, 5.41) is 14.4. The number of nitro groups is 1. The molecule has 0 aromatic heterocycles. The third-order valence-corrected chi connectivity index (χ3v) is 5.39. The summed E-state index contributed by atoms with van der Waals surface area (Å²) in [7, 11) is 0. The van der Waals surface area contributed by atoms with Gasteiger partial charge in [0, 0.05) is 36.2 Å². The molecule has 1 aromatic rings. The van der Waals surface area contributed by atoms with Crippen molar-refractivity contribution in [2.45, 2.75) is 37.6 Å². The molecule has 1 spiro atoms. The van der Waals surface area contributed by atoms with E-state index in [-0.39, 0.29) is 16.1 Å². The van der Waals surface area contributed by atoms with Crippen molar-refractivity contribution in [1.29, 1.82) is 0 Å². The lowest BCUT2D eigenvalue weighted by Crippen LogP contribution is -2.62. The molecule has 2 fully saturated rings. The van der Waals surface area contributed by atoms with Gasteiger partial charge in [-0.1, -0.05) is 19.3 Å². The first-order valence-electron chi connectivity index (χ1n) is 7.55. The molecule has 114 valence electrons. The van der Waals surface area contributed by atoms with Gasteiger partial charge in [-0.05, 0) is 34.8 Å². The normalized spacial score (nSPS) is 21.5. The van der Waals surface area contributed by atoms with Crippen LogP contribution in [0.15, 0.2) is 22.7 Å². The zero-order chi connectivity index (χ0) is 14.9. The zero-order valence-electron chi connectivity index (χ0n) is 12.0. The Morgan fingerprint density at radius 2 is 2.05 bits per heavy atom. The molecule has 3 rings (SSSR count). The van der Waals surface area contributed by atoms with E-state index < -0.39 is 0 Å². The third kappa shape index (κ3) is 2.79. The van der Waals surface area contributed by atoms with Crippen LogP contribution in [0, 0.1) is 10.1 Å². The summed E-state index contributed by atoms with van der Waals surface area (Å²) in [6.45, 7) is 2.93. The average molecular weight is 354 g/mol. The van der Waals surface area contributed by atoms with Crippen LogP contribution in [0.3, 0.4) is 0 Å². The van der Waals surface area contributed by atoms with Crippen molar-refractivity contribution in [3.05, 3.63) is 32.8 Å². The fourth-order valence-corrected chi connectivity index (χ4v) is 4.29. The number of nitrogens with zero attached hydrogens (tertiary/aromatic N) is 2. The van der Waals surface area contributed by atoms with Crippen molar-refractivity contribution >= 4 is 27.3 Å². The summed E-state index contributed by atoms with van der Waals surface area (Å²) in [4.78, 5) is 13.0. The van der Waals surface area contributed by atoms with Crippen molar-refractivity contribution in [3.8, 4) is 0 Å². The number of piperazine rings is 1. The molecule has 21 heavy (non-hydrogen) atoms.